The molecule has 0 aliphatic rings. The van der Waals surface area contributed by atoms with Gasteiger partial charge in [-0.1, -0.05) is 51.4 Å². The average molecular weight is 508 g/mol. The van der Waals surface area contributed by atoms with Gasteiger partial charge in [0.15, 0.2) is 0 Å². The minimum atomic E-state index is -1.15. The van der Waals surface area contributed by atoms with Crippen molar-refractivity contribution < 1.29 is 24.2 Å². The molecule has 0 aliphatic heterocycles. The Kier molecular flexibility index (Phi) is 8.74. The summed E-state index contributed by atoms with van der Waals surface area (Å²) in [6, 6.07) is 26.4. The number of hydrogen-bond donors (Lipinski definition) is 0. The molecule has 4 rings (SSSR count). The molecular formula is C27H36Si2Zr. The third-order valence-electron chi connectivity index (χ3n) is 4.98. The molecule has 4 aromatic carbocycles. The summed E-state index contributed by atoms with van der Waals surface area (Å²) in [4.78, 5) is 0. The molecule has 0 aromatic heterocycles. The molecule has 0 spiro atoms. The zero-order chi connectivity index (χ0) is 22.5. The number of hydrogen-bond acceptors (Lipinski definition) is 0. The maximum absolute atomic E-state index is 2.40. The SMILES string of the molecule is C[C](C)=[Zr+2].C[Si](C)(C)c1c[cH-]c2ccccc12.C[Si](C)(C)c1c[cH-]c2ccccc12. The molecule has 0 N–H and O–H groups in total. The van der Waals surface area contributed by atoms with Gasteiger partial charge in [-0.15, -0.1) is 59.3 Å². The first-order chi connectivity index (χ1) is 13.9. The van der Waals surface area contributed by atoms with E-state index in [1.54, 1.807) is 34.6 Å². The predicted molar refractivity (Wildman–Crippen MR) is 141 cm³/mol. The monoisotopic (exact) mass is 506 g/mol. The second-order valence-electron chi connectivity index (χ2n) is 10.2. The second kappa shape index (κ2) is 10.4. The molecule has 0 heterocycles. The molecule has 4 aromatic rings. The quantitative estimate of drug-likeness (QED) is 0.203. The molecule has 0 fully saturated rings. The number of benzene rings is 2. The van der Waals surface area contributed by atoms with Crippen LogP contribution in [0.15, 0.2) is 72.8 Å². The summed E-state index contributed by atoms with van der Waals surface area (Å²) in [7, 11) is -2.29. The third kappa shape index (κ3) is 6.94. The van der Waals surface area contributed by atoms with Crippen molar-refractivity contribution in [3.05, 3.63) is 72.8 Å². The maximum Gasteiger partial charge on any atom is 0.0209 e. The molecule has 0 saturated carbocycles. The minimum Gasteiger partial charge on any atom is -0.157 e. The van der Waals surface area contributed by atoms with Gasteiger partial charge in [0.1, 0.15) is 0 Å². The van der Waals surface area contributed by atoms with Crippen LogP contribution < -0.4 is 10.4 Å². The normalized spacial score (nSPS) is 11.5. The Hall–Kier alpha value is -1.15. The molecule has 0 radical (unpaired) electrons. The van der Waals surface area contributed by atoms with Crippen molar-refractivity contribution in [1.82, 2.24) is 0 Å². The summed E-state index contributed by atoms with van der Waals surface area (Å²) >= 11 is 1.55. The number of fused-ring (bicyclic) bond motifs is 2. The number of rotatable bonds is 2. The van der Waals surface area contributed by atoms with E-state index in [0.717, 1.165) is 0 Å². The smallest absolute Gasteiger partial charge is 0.0209 e. The van der Waals surface area contributed by atoms with Crippen LogP contribution in [0.2, 0.25) is 39.3 Å². The molecule has 156 valence electrons. The van der Waals surface area contributed by atoms with Crippen molar-refractivity contribution in [2.75, 3.05) is 0 Å². The van der Waals surface area contributed by atoms with E-state index >= 15 is 0 Å². The topological polar surface area (TPSA) is 0 Å². The Bertz CT molecular complexity index is 1010. The fourth-order valence-electron chi connectivity index (χ4n) is 3.61. The van der Waals surface area contributed by atoms with E-state index in [9.17, 15) is 0 Å². The molecule has 0 amide bonds. The molecular weight excluding hydrogens is 472 g/mol. The van der Waals surface area contributed by atoms with Crippen LogP contribution in [0.25, 0.3) is 21.5 Å². The third-order valence-corrected chi connectivity index (χ3v) is 9.08. The zero-order valence-corrected chi connectivity index (χ0v) is 24.4. The first kappa shape index (κ1) is 25.1. The van der Waals surface area contributed by atoms with Crippen molar-refractivity contribution in [2.45, 2.75) is 53.1 Å². The van der Waals surface area contributed by atoms with E-state index in [0.29, 0.717) is 0 Å². The summed E-state index contributed by atoms with van der Waals surface area (Å²) in [6.45, 7) is 18.6. The summed E-state index contributed by atoms with van der Waals surface area (Å²) in [6.07, 6.45) is 0. The van der Waals surface area contributed by atoms with Crippen LogP contribution in [0, 0.1) is 0 Å². The predicted octanol–water partition coefficient (Wildman–Crippen LogP) is 6.95. The van der Waals surface area contributed by atoms with Crippen LogP contribution in [0.1, 0.15) is 13.8 Å². The second-order valence-corrected chi connectivity index (χ2v) is 22.7. The Labute approximate surface area is 200 Å². The summed E-state index contributed by atoms with van der Waals surface area (Å²) in [5, 5.41) is 8.87. The van der Waals surface area contributed by atoms with E-state index in [-0.39, 0.29) is 0 Å². The van der Waals surface area contributed by atoms with Crippen LogP contribution in [0.3, 0.4) is 0 Å². The Balaban J connectivity index is 0.000000182. The van der Waals surface area contributed by atoms with Crippen LogP contribution in [-0.4, -0.2) is 19.4 Å². The van der Waals surface area contributed by atoms with Gasteiger partial charge in [-0.25, -0.2) is 0 Å². The Morgan fingerprint density at radius 3 is 1.23 bits per heavy atom. The van der Waals surface area contributed by atoms with Crippen LogP contribution in [0.4, 0.5) is 0 Å². The van der Waals surface area contributed by atoms with Crippen molar-refractivity contribution in [1.29, 1.82) is 0 Å². The molecule has 0 unspecified atom stereocenters. The molecule has 0 nitrogen and oxygen atoms in total. The first-order valence-corrected chi connectivity index (χ1v) is 19.0. The van der Waals surface area contributed by atoms with Gasteiger partial charge in [0.25, 0.3) is 0 Å². The molecule has 3 heteroatoms. The van der Waals surface area contributed by atoms with Gasteiger partial charge in [-0.3, -0.25) is 0 Å². The van der Waals surface area contributed by atoms with Gasteiger partial charge < -0.3 is 0 Å². The molecule has 0 aliphatic carbocycles. The van der Waals surface area contributed by atoms with Gasteiger partial charge in [0.2, 0.25) is 0 Å². The zero-order valence-electron chi connectivity index (χ0n) is 19.9. The summed E-state index contributed by atoms with van der Waals surface area (Å²) in [5.74, 6) is 0. The standard InChI is InChI=1S/2C12H15Si.C3H6.Zr/c2*1-13(2,3)12-9-8-10-6-4-5-7-11(10)12;1-3-2;/h2*4-9H,1-3H3;1-2H3;/q2*-1;;+2. The van der Waals surface area contributed by atoms with Gasteiger partial charge in [0.05, 0.1) is 0 Å². The van der Waals surface area contributed by atoms with Gasteiger partial charge >= 0.3 is 41.3 Å². The van der Waals surface area contributed by atoms with Crippen LogP contribution in [-0.2, 0) is 24.2 Å². The molecule has 0 saturated heterocycles. The van der Waals surface area contributed by atoms with Crippen molar-refractivity contribution in [3.8, 4) is 0 Å². The Morgan fingerprint density at radius 1 is 0.633 bits per heavy atom. The minimum absolute atomic E-state index is 1.15. The van der Waals surface area contributed by atoms with E-state index in [4.69, 9.17) is 0 Å². The van der Waals surface area contributed by atoms with Gasteiger partial charge in [0, 0.05) is 16.1 Å². The van der Waals surface area contributed by atoms with Gasteiger partial charge in [-0.2, -0.15) is 33.3 Å². The summed E-state index contributed by atoms with van der Waals surface area (Å²) < 4.78 is 1.51. The Morgan fingerprint density at radius 2 is 0.933 bits per heavy atom. The maximum atomic E-state index is 2.40. The fourth-order valence-corrected chi connectivity index (χ4v) is 6.85. The summed E-state index contributed by atoms with van der Waals surface area (Å²) in [5.41, 5.74) is 0. The fraction of sp³-hybridized carbons (Fsp3) is 0.296. The van der Waals surface area contributed by atoms with Gasteiger partial charge in [-0.05, 0) is 0 Å². The van der Waals surface area contributed by atoms with Crippen molar-refractivity contribution in [2.24, 2.45) is 0 Å². The largest absolute Gasteiger partial charge is 0.157 e. The molecule has 0 bridgehead atoms. The van der Waals surface area contributed by atoms with Crippen LogP contribution >= 0.6 is 0 Å². The van der Waals surface area contributed by atoms with E-state index < -0.39 is 16.1 Å². The molecule has 0 atom stereocenters. The van der Waals surface area contributed by atoms with E-state index in [1.165, 1.54) is 24.8 Å². The van der Waals surface area contributed by atoms with E-state index in [1.807, 2.05) is 0 Å². The average Bonchev–Trinajstić information content (AvgIpc) is 3.25. The van der Waals surface area contributed by atoms with Crippen LogP contribution in [0.5, 0.6) is 0 Å². The molecule has 30 heavy (non-hydrogen) atoms. The van der Waals surface area contributed by atoms with E-state index in [2.05, 4.69) is 126 Å². The first-order valence-electron chi connectivity index (χ1n) is 10.7. The van der Waals surface area contributed by atoms with Crippen molar-refractivity contribution >= 4 is 51.3 Å². The van der Waals surface area contributed by atoms with Crippen molar-refractivity contribution in [3.63, 3.8) is 0 Å².